The van der Waals surface area contributed by atoms with Gasteiger partial charge in [-0.2, -0.15) is 0 Å². The van der Waals surface area contributed by atoms with Gasteiger partial charge in [0.2, 0.25) is 11.8 Å². The van der Waals surface area contributed by atoms with Gasteiger partial charge in [0.15, 0.2) is 5.82 Å². The standard InChI is InChI=1S/C12H11Cl2FN2O2/c1-2-9-12(19)17(5-10(18)16-9)6-3-7(13)11(15)8(14)4-6/h3-4,9H,2,5H2,1H3,(H,16,18). The lowest BCUT2D eigenvalue weighted by Crippen LogP contribution is -2.58. The zero-order valence-electron chi connectivity index (χ0n) is 10.0. The second-order valence-corrected chi connectivity index (χ2v) is 4.99. The lowest BCUT2D eigenvalue weighted by molar-refractivity contribution is -0.131. The summed E-state index contributed by atoms with van der Waals surface area (Å²) < 4.78 is 13.3. The summed E-state index contributed by atoms with van der Waals surface area (Å²) in [6.07, 6.45) is 0.476. The van der Waals surface area contributed by atoms with E-state index in [1.54, 1.807) is 6.92 Å². The number of benzene rings is 1. The van der Waals surface area contributed by atoms with Crippen LogP contribution in [0.2, 0.25) is 10.0 Å². The van der Waals surface area contributed by atoms with Crippen molar-refractivity contribution in [3.05, 3.63) is 28.0 Å². The van der Waals surface area contributed by atoms with Gasteiger partial charge in [0.25, 0.3) is 0 Å². The third-order valence-corrected chi connectivity index (χ3v) is 3.44. The molecule has 0 saturated carbocycles. The Bertz CT molecular complexity index is 528. The fourth-order valence-corrected chi connectivity index (χ4v) is 2.38. The highest BCUT2D eigenvalue weighted by molar-refractivity contribution is 6.35. The first-order valence-electron chi connectivity index (χ1n) is 5.69. The molecule has 19 heavy (non-hydrogen) atoms. The molecule has 1 saturated heterocycles. The lowest BCUT2D eigenvalue weighted by atomic mass is 10.1. The molecule has 2 rings (SSSR count). The monoisotopic (exact) mass is 304 g/mol. The SMILES string of the molecule is CCC1NC(=O)CN(c2cc(Cl)c(F)c(Cl)c2)C1=O. The topological polar surface area (TPSA) is 49.4 Å². The first-order valence-corrected chi connectivity index (χ1v) is 6.45. The van der Waals surface area contributed by atoms with Gasteiger partial charge in [-0.3, -0.25) is 9.59 Å². The Morgan fingerprint density at radius 1 is 1.37 bits per heavy atom. The van der Waals surface area contributed by atoms with E-state index < -0.39 is 11.9 Å². The van der Waals surface area contributed by atoms with Gasteiger partial charge in [-0.05, 0) is 18.6 Å². The minimum atomic E-state index is -0.743. The summed E-state index contributed by atoms with van der Waals surface area (Å²) in [4.78, 5) is 24.9. The summed E-state index contributed by atoms with van der Waals surface area (Å²) in [5.74, 6) is -1.28. The minimum Gasteiger partial charge on any atom is -0.343 e. The maximum Gasteiger partial charge on any atom is 0.250 e. The largest absolute Gasteiger partial charge is 0.343 e. The van der Waals surface area contributed by atoms with Gasteiger partial charge in [0.05, 0.1) is 10.0 Å². The van der Waals surface area contributed by atoms with Crippen LogP contribution < -0.4 is 10.2 Å². The number of amides is 2. The van der Waals surface area contributed by atoms with Gasteiger partial charge in [0, 0.05) is 5.69 Å². The van der Waals surface area contributed by atoms with Crippen LogP contribution in [0.5, 0.6) is 0 Å². The summed E-state index contributed by atoms with van der Waals surface area (Å²) in [7, 11) is 0. The first kappa shape index (κ1) is 14.1. The number of nitrogens with zero attached hydrogens (tertiary/aromatic N) is 1. The van der Waals surface area contributed by atoms with Crippen molar-refractivity contribution in [2.45, 2.75) is 19.4 Å². The van der Waals surface area contributed by atoms with E-state index in [9.17, 15) is 14.0 Å². The minimum absolute atomic E-state index is 0.131. The Kier molecular flexibility index (Phi) is 3.96. The molecule has 1 N–H and O–H groups in total. The molecule has 1 atom stereocenters. The average Bonchev–Trinajstić information content (AvgIpc) is 2.37. The fraction of sp³-hybridized carbons (Fsp3) is 0.333. The van der Waals surface area contributed by atoms with E-state index in [0.29, 0.717) is 12.1 Å². The number of carbonyl (C=O) groups is 2. The zero-order chi connectivity index (χ0) is 14.2. The second kappa shape index (κ2) is 5.35. The molecule has 1 aliphatic rings. The smallest absolute Gasteiger partial charge is 0.250 e. The molecule has 1 fully saturated rings. The quantitative estimate of drug-likeness (QED) is 0.853. The second-order valence-electron chi connectivity index (χ2n) is 4.18. The molecule has 4 nitrogen and oxygen atoms in total. The number of halogens is 3. The van der Waals surface area contributed by atoms with Crippen LogP contribution in [-0.4, -0.2) is 24.4 Å². The normalized spacial score (nSPS) is 19.6. The number of anilines is 1. The molecule has 1 aliphatic heterocycles. The molecule has 102 valence electrons. The molecule has 0 aromatic heterocycles. The van der Waals surface area contributed by atoms with Crippen molar-refractivity contribution in [3.8, 4) is 0 Å². The summed E-state index contributed by atoms with van der Waals surface area (Å²) in [5.41, 5.74) is 0.315. The van der Waals surface area contributed by atoms with E-state index in [4.69, 9.17) is 23.2 Å². The number of hydrogen-bond acceptors (Lipinski definition) is 2. The Morgan fingerprint density at radius 3 is 2.47 bits per heavy atom. The van der Waals surface area contributed by atoms with Crippen molar-refractivity contribution in [2.75, 3.05) is 11.4 Å². The van der Waals surface area contributed by atoms with E-state index >= 15 is 0 Å². The summed E-state index contributed by atoms with van der Waals surface area (Å²) in [5, 5.41) is 2.21. The summed E-state index contributed by atoms with van der Waals surface area (Å²) in [6.45, 7) is 1.66. The molecule has 1 unspecified atom stereocenters. The van der Waals surface area contributed by atoms with Gasteiger partial charge in [0.1, 0.15) is 12.6 Å². The van der Waals surface area contributed by atoms with E-state index in [2.05, 4.69) is 5.32 Å². The highest BCUT2D eigenvalue weighted by atomic mass is 35.5. The van der Waals surface area contributed by atoms with Crippen LogP contribution in [0.25, 0.3) is 0 Å². The number of rotatable bonds is 2. The molecule has 1 aromatic rings. The van der Waals surface area contributed by atoms with Crippen molar-refractivity contribution < 1.29 is 14.0 Å². The Balaban J connectivity index is 2.40. The molecule has 2 amide bonds. The van der Waals surface area contributed by atoms with Crippen molar-refractivity contribution in [2.24, 2.45) is 0 Å². The van der Waals surface area contributed by atoms with Crippen LogP contribution in [0.4, 0.5) is 10.1 Å². The third kappa shape index (κ3) is 2.67. The van der Waals surface area contributed by atoms with E-state index in [0.717, 1.165) is 0 Å². The fourth-order valence-electron chi connectivity index (χ4n) is 1.90. The third-order valence-electron chi connectivity index (χ3n) is 2.89. The van der Waals surface area contributed by atoms with Crippen LogP contribution in [-0.2, 0) is 9.59 Å². The van der Waals surface area contributed by atoms with Crippen molar-refractivity contribution in [1.82, 2.24) is 5.32 Å². The van der Waals surface area contributed by atoms with E-state index in [-0.39, 0.29) is 28.4 Å². The van der Waals surface area contributed by atoms with Gasteiger partial charge in [-0.15, -0.1) is 0 Å². The number of nitrogens with one attached hydrogen (secondary N) is 1. The van der Waals surface area contributed by atoms with Gasteiger partial charge < -0.3 is 10.2 Å². The Labute approximate surface area is 119 Å². The maximum absolute atomic E-state index is 13.3. The van der Waals surface area contributed by atoms with Crippen LogP contribution in [0.15, 0.2) is 12.1 Å². The highest BCUT2D eigenvalue weighted by Crippen LogP contribution is 2.30. The van der Waals surface area contributed by atoms with Crippen LogP contribution in [0.3, 0.4) is 0 Å². The molecular formula is C12H11Cl2FN2O2. The predicted octanol–water partition coefficient (Wildman–Crippen LogP) is 2.37. The average molecular weight is 305 g/mol. The van der Waals surface area contributed by atoms with E-state index in [1.807, 2.05) is 0 Å². The van der Waals surface area contributed by atoms with Gasteiger partial charge in [-0.1, -0.05) is 30.1 Å². The van der Waals surface area contributed by atoms with E-state index in [1.165, 1.54) is 17.0 Å². The zero-order valence-corrected chi connectivity index (χ0v) is 11.6. The number of piperazine rings is 1. The molecule has 0 radical (unpaired) electrons. The van der Waals surface area contributed by atoms with Crippen LogP contribution >= 0.6 is 23.2 Å². The molecule has 0 spiro atoms. The predicted molar refractivity (Wildman–Crippen MR) is 71.0 cm³/mol. The van der Waals surface area contributed by atoms with Gasteiger partial charge in [-0.25, -0.2) is 4.39 Å². The molecule has 1 aromatic carbocycles. The van der Waals surface area contributed by atoms with Crippen molar-refractivity contribution in [3.63, 3.8) is 0 Å². The molecule has 1 heterocycles. The van der Waals surface area contributed by atoms with Crippen LogP contribution in [0.1, 0.15) is 13.3 Å². The van der Waals surface area contributed by atoms with Crippen LogP contribution in [0, 0.1) is 5.82 Å². The first-order chi connectivity index (χ1) is 8.93. The van der Waals surface area contributed by atoms with Gasteiger partial charge >= 0.3 is 0 Å². The number of hydrogen-bond donors (Lipinski definition) is 1. The van der Waals surface area contributed by atoms with Crippen molar-refractivity contribution in [1.29, 1.82) is 0 Å². The van der Waals surface area contributed by atoms with Crippen molar-refractivity contribution >= 4 is 40.7 Å². The molecular weight excluding hydrogens is 294 g/mol. The maximum atomic E-state index is 13.3. The summed E-state index contributed by atoms with van der Waals surface area (Å²) >= 11 is 11.4. The summed E-state index contributed by atoms with van der Waals surface area (Å²) in [6, 6.07) is 1.99. The lowest BCUT2D eigenvalue weighted by Gasteiger charge is -2.32. The Hall–Kier alpha value is -1.33. The molecule has 0 bridgehead atoms. The Morgan fingerprint density at radius 2 is 1.95 bits per heavy atom. The molecule has 7 heteroatoms. The highest BCUT2D eigenvalue weighted by Gasteiger charge is 2.32. The molecule has 0 aliphatic carbocycles. The number of carbonyl (C=O) groups excluding carboxylic acids is 2.